The SMILES string of the molecule is Cc1cccc(NCc2cn3cc(Cl)ccc3n2)c1Br. The lowest BCUT2D eigenvalue weighted by Crippen LogP contribution is -2.00. The summed E-state index contributed by atoms with van der Waals surface area (Å²) in [5.41, 5.74) is 4.15. The molecule has 0 unspecified atom stereocenters. The van der Waals surface area contributed by atoms with Crippen molar-refractivity contribution in [2.24, 2.45) is 0 Å². The second kappa shape index (κ2) is 5.46. The average molecular weight is 351 g/mol. The van der Waals surface area contributed by atoms with E-state index in [2.05, 4.69) is 39.2 Å². The van der Waals surface area contributed by atoms with Crippen molar-refractivity contribution in [1.29, 1.82) is 0 Å². The molecule has 20 heavy (non-hydrogen) atoms. The first kappa shape index (κ1) is 13.5. The van der Waals surface area contributed by atoms with E-state index in [0.717, 1.165) is 21.5 Å². The van der Waals surface area contributed by atoms with Crippen molar-refractivity contribution in [3.05, 3.63) is 63.5 Å². The van der Waals surface area contributed by atoms with Crippen molar-refractivity contribution in [2.75, 3.05) is 5.32 Å². The van der Waals surface area contributed by atoms with Crippen molar-refractivity contribution in [3.63, 3.8) is 0 Å². The lowest BCUT2D eigenvalue weighted by atomic mass is 10.2. The Kier molecular flexibility index (Phi) is 3.68. The van der Waals surface area contributed by atoms with E-state index >= 15 is 0 Å². The van der Waals surface area contributed by atoms with Gasteiger partial charge >= 0.3 is 0 Å². The molecule has 3 aromatic rings. The Balaban J connectivity index is 1.81. The first-order valence-corrected chi connectivity index (χ1v) is 7.43. The van der Waals surface area contributed by atoms with Crippen LogP contribution in [0.5, 0.6) is 0 Å². The van der Waals surface area contributed by atoms with Crippen LogP contribution in [0.2, 0.25) is 5.02 Å². The van der Waals surface area contributed by atoms with Gasteiger partial charge in [0, 0.05) is 22.6 Å². The number of benzene rings is 1. The number of anilines is 1. The summed E-state index contributed by atoms with van der Waals surface area (Å²) in [6, 6.07) is 9.91. The summed E-state index contributed by atoms with van der Waals surface area (Å²) >= 11 is 9.56. The van der Waals surface area contributed by atoms with Crippen molar-refractivity contribution in [2.45, 2.75) is 13.5 Å². The molecule has 0 amide bonds. The topological polar surface area (TPSA) is 29.3 Å². The fourth-order valence-corrected chi connectivity index (χ4v) is 2.64. The molecule has 0 radical (unpaired) electrons. The number of aryl methyl sites for hydroxylation is 1. The van der Waals surface area contributed by atoms with Crippen LogP contribution < -0.4 is 5.32 Å². The lowest BCUT2D eigenvalue weighted by molar-refractivity contribution is 1.07. The van der Waals surface area contributed by atoms with Crippen LogP contribution in [0.3, 0.4) is 0 Å². The number of nitrogens with one attached hydrogen (secondary N) is 1. The molecule has 1 N–H and O–H groups in total. The van der Waals surface area contributed by atoms with E-state index in [9.17, 15) is 0 Å². The third-order valence-corrected chi connectivity index (χ3v) is 4.39. The van der Waals surface area contributed by atoms with E-state index in [-0.39, 0.29) is 0 Å². The van der Waals surface area contributed by atoms with Crippen molar-refractivity contribution < 1.29 is 0 Å². The van der Waals surface area contributed by atoms with Gasteiger partial charge in [0.25, 0.3) is 0 Å². The molecular formula is C15H13BrClN3. The Labute approximate surface area is 130 Å². The average Bonchev–Trinajstić information content (AvgIpc) is 2.82. The number of hydrogen-bond acceptors (Lipinski definition) is 2. The minimum absolute atomic E-state index is 0.668. The molecule has 0 atom stereocenters. The first-order valence-electron chi connectivity index (χ1n) is 6.25. The van der Waals surface area contributed by atoms with Gasteiger partial charge in [-0.3, -0.25) is 0 Å². The number of fused-ring (bicyclic) bond motifs is 1. The van der Waals surface area contributed by atoms with Gasteiger partial charge in [-0.05, 0) is 46.6 Å². The van der Waals surface area contributed by atoms with E-state index in [0.29, 0.717) is 11.6 Å². The zero-order chi connectivity index (χ0) is 14.1. The highest BCUT2D eigenvalue weighted by Gasteiger charge is 2.05. The van der Waals surface area contributed by atoms with Crippen molar-refractivity contribution in [3.8, 4) is 0 Å². The number of halogens is 2. The van der Waals surface area contributed by atoms with Gasteiger partial charge in [-0.25, -0.2) is 4.98 Å². The minimum atomic E-state index is 0.668. The molecule has 102 valence electrons. The molecule has 5 heteroatoms. The molecule has 1 aromatic carbocycles. The van der Waals surface area contributed by atoms with Crippen LogP contribution in [0, 0.1) is 6.92 Å². The third-order valence-electron chi connectivity index (χ3n) is 3.12. The number of imidazole rings is 1. The minimum Gasteiger partial charge on any atom is -0.378 e. The number of pyridine rings is 1. The van der Waals surface area contributed by atoms with E-state index in [1.54, 1.807) is 0 Å². The zero-order valence-electron chi connectivity index (χ0n) is 10.9. The quantitative estimate of drug-likeness (QED) is 0.743. The first-order chi connectivity index (χ1) is 9.63. The molecule has 0 bridgehead atoms. The van der Waals surface area contributed by atoms with Crippen LogP contribution in [-0.4, -0.2) is 9.38 Å². The normalized spacial score (nSPS) is 10.9. The molecule has 0 saturated heterocycles. The second-order valence-electron chi connectivity index (χ2n) is 4.64. The van der Waals surface area contributed by atoms with Gasteiger partial charge in [-0.2, -0.15) is 0 Å². The molecule has 2 aromatic heterocycles. The van der Waals surface area contributed by atoms with Gasteiger partial charge in [0.15, 0.2) is 0 Å². The Morgan fingerprint density at radius 3 is 2.95 bits per heavy atom. The lowest BCUT2D eigenvalue weighted by Gasteiger charge is -2.08. The molecule has 3 nitrogen and oxygen atoms in total. The molecular weight excluding hydrogens is 338 g/mol. The van der Waals surface area contributed by atoms with Crippen LogP contribution in [-0.2, 0) is 6.54 Å². The van der Waals surface area contributed by atoms with Gasteiger partial charge in [-0.1, -0.05) is 23.7 Å². The molecule has 0 spiro atoms. The predicted molar refractivity (Wildman–Crippen MR) is 86.4 cm³/mol. The highest BCUT2D eigenvalue weighted by atomic mass is 79.9. The van der Waals surface area contributed by atoms with Gasteiger partial charge in [-0.15, -0.1) is 0 Å². The summed E-state index contributed by atoms with van der Waals surface area (Å²) in [4.78, 5) is 4.55. The summed E-state index contributed by atoms with van der Waals surface area (Å²) < 4.78 is 3.02. The van der Waals surface area contributed by atoms with Crippen LogP contribution in [0.15, 0.2) is 47.2 Å². The number of nitrogens with zero attached hydrogens (tertiary/aromatic N) is 2. The number of rotatable bonds is 3. The molecule has 0 aliphatic rings. The fraction of sp³-hybridized carbons (Fsp3) is 0.133. The van der Waals surface area contributed by atoms with Crippen molar-refractivity contribution in [1.82, 2.24) is 9.38 Å². The van der Waals surface area contributed by atoms with Gasteiger partial charge in [0.2, 0.25) is 0 Å². The third kappa shape index (κ3) is 2.67. The van der Waals surface area contributed by atoms with Crippen LogP contribution in [0.25, 0.3) is 5.65 Å². The standard InChI is InChI=1S/C15H13BrClN3/c1-10-3-2-4-13(15(10)16)18-7-12-9-20-8-11(17)5-6-14(20)19-12/h2-6,8-9,18H,7H2,1H3. The van der Waals surface area contributed by atoms with Crippen molar-refractivity contribution >= 4 is 38.9 Å². The van der Waals surface area contributed by atoms with Gasteiger partial charge in [0.05, 0.1) is 17.3 Å². The van der Waals surface area contributed by atoms with Crippen LogP contribution >= 0.6 is 27.5 Å². The molecule has 2 heterocycles. The Morgan fingerprint density at radius 2 is 2.10 bits per heavy atom. The maximum atomic E-state index is 5.97. The highest BCUT2D eigenvalue weighted by Crippen LogP contribution is 2.26. The van der Waals surface area contributed by atoms with Crippen LogP contribution in [0.1, 0.15) is 11.3 Å². The van der Waals surface area contributed by atoms with E-state index < -0.39 is 0 Å². The van der Waals surface area contributed by atoms with Gasteiger partial charge < -0.3 is 9.72 Å². The molecule has 3 rings (SSSR count). The summed E-state index contributed by atoms with van der Waals surface area (Å²) in [5.74, 6) is 0. The largest absolute Gasteiger partial charge is 0.378 e. The highest BCUT2D eigenvalue weighted by molar-refractivity contribution is 9.10. The van der Waals surface area contributed by atoms with Gasteiger partial charge in [0.1, 0.15) is 5.65 Å². The number of hydrogen-bond donors (Lipinski definition) is 1. The maximum absolute atomic E-state index is 5.97. The maximum Gasteiger partial charge on any atom is 0.137 e. The Bertz CT molecular complexity index is 767. The Hall–Kier alpha value is -1.52. The number of aromatic nitrogens is 2. The fourth-order valence-electron chi connectivity index (χ4n) is 2.07. The molecule has 0 saturated carbocycles. The second-order valence-corrected chi connectivity index (χ2v) is 5.86. The van der Waals surface area contributed by atoms with E-state index in [1.807, 2.05) is 41.1 Å². The summed E-state index contributed by atoms with van der Waals surface area (Å²) in [5, 5.41) is 4.09. The molecule has 0 aliphatic carbocycles. The summed E-state index contributed by atoms with van der Waals surface area (Å²) in [6.45, 7) is 2.74. The summed E-state index contributed by atoms with van der Waals surface area (Å²) in [7, 11) is 0. The Morgan fingerprint density at radius 1 is 1.25 bits per heavy atom. The predicted octanol–water partition coefficient (Wildman–Crippen LogP) is 4.67. The van der Waals surface area contributed by atoms with E-state index in [1.165, 1.54) is 5.56 Å². The van der Waals surface area contributed by atoms with Crippen LogP contribution in [0.4, 0.5) is 5.69 Å². The van der Waals surface area contributed by atoms with E-state index in [4.69, 9.17) is 11.6 Å². The smallest absolute Gasteiger partial charge is 0.137 e. The zero-order valence-corrected chi connectivity index (χ0v) is 13.2. The summed E-state index contributed by atoms with van der Waals surface area (Å²) in [6.07, 6.45) is 3.84. The monoisotopic (exact) mass is 349 g/mol. The molecule has 0 aliphatic heterocycles. The molecule has 0 fully saturated rings.